The van der Waals surface area contributed by atoms with Crippen LogP contribution in [0.25, 0.3) is 55.3 Å². The molecule has 3 aliphatic rings. The summed E-state index contributed by atoms with van der Waals surface area (Å²) in [5.41, 5.74) is 25.6. The van der Waals surface area contributed by atoms with E-state index in [1.165, 1.54) is 99.8 Å². The van der Waals surface area contributed by atoms with Crippen LogP contribution in [0.2, 0.25) is 0 Å². The first-order valence-electron chi connectivity index (χ1n) is 26.1. The number of hydrogen-bond donors (Lipinski definition) is 0. The molecule has 3 heteroatoms. The van der Waals surface area contributed by atoms with Crippen LogP contribution in [0.4, 0.5) is 28.4 Å². The molecule has 1 aromatic heterocycles. The third kappa shape index (κ3) is 6.26. The van der Waals surface area contributed by atoms with Gasteiger partial charge in [0, 0.05) is 62.4 Å². The highest BCUT2D eigenvalue weighted by atomic mass is 15.1. The zero-order valence-corrected chi connectivity index (χ0v) is 42.2. The summed E-state index contributed by atoms with van der Waals surface area (Å²) in [4.78, 5) is 4.91. The largest absolute Gasteiger partial charge is 0.337 e. The summed E-state index contributed by atoms with van der Waals surface area (Å²) in [6.07, 6.45) is 4.56. The maximum atomic E-state index is 2.65. The Morgan fingerprint density at radius 3 is 1.61 bits per heavy atom. The average molecular weight is 950 g/mol. The zero-order valence-electron chi connectivity index (χ0n) is 42.2. The fraction of sp³-hybridized carbons (Fsp3) is 0.0986. The van der Waals surface area contributed by atoms with Crippen LogP contribution in [0.1, 0.15) is 66.6 Å². The van der Waals surface area contributed by atoms with Gasteiger partial charge in [-0.05, 0) is 166 Å². The fourth-order valence-electron chi connectivity index (χ4n) is 13.4. The van der Waals surface area contributed by atoms with Gasteiger partial charge in [0.15, 0.2) is 0 Å². The van der Waals surface area contributed by atoms with E-state index < -0.39 is 5.41 Å². The standard InChI is InChI=1S/C71H55N3/c1-5-24-55-47(2)71(63-37-22-19-33-56(55)63)64-38-23-20-35-59(64)67-48(46-72(49-25-10-6-11-26-49)50-27-12-7-13-28-50)43-61-60-44-53(73(51-29-14-8-15-30-51)52-31-16-9-17-32-52)40-42-66(60)74(69(61)68(67)71)54-39-41-58-57-34-18-21-36-62(57)70(3,4)65(58)45-54/h5-45H,46H2,1-4H3. The van der Waals surface area contributed by atoms with E-state index in [9.17, 15) is 0 Å². The minimum absolute atomic E-state index is 0.185. The number of nitrogens with zero attached hydrogens (tertiary/aromatic N) is 3. The number of fused-ring (bicyclic) bond motifs is 14. The van der Waals surface area contributed by atoms with Crippen molar-refractivity contribution in [1.29, 1.82) is 0 Å². The van der Waals surface area contributed by atoms with Crippen molar-refractivity contribution < 1.29 is 0 Å². The van der Waals surface area contributed by atoms with E-state index in [2.05, 4.69) is 291 Å². The summed E-state index contributed by atoms with van der Waals surface area (Å²) in [6, 6.07) is 88.1. The first-order valence-corrected chi connectivity index (χ1v) is 26.1. The van der Waals surface area contributed by atoms with Crippen molar-refractivity contribution in [2.24, 2.45) is 0 Å². The number of aromatic nitrogens is 1. The summed E-state index contributed by atoms with van der Waals surface area (Å²) >= 11 is 0. The van der Waals surface area contributed by atoms with Crippen LogP contribution in [0.5, 0.6) is 0 Å². The van der Waals surface area contributed by atoms with Gasteiger partial charge in [0.05, 0.1) is 16.4 Å². The van der Waals surface area contributed by atoms with E-state index in [1.807, 2.05) is 0 Å². The quantitative estimate of drug-likeness (QED) is 0.143. The minimum atomic E-state index is -0.600. The topological polar surface area (TPSA) is 11.4 Å². The Kier molecular flexibility index (Phi) is 9.97. The molecular weight excluding hydrogens is 895 g/mol. The number of anilines is 5. The molecule has 0 bridgehead atoms. The molecule has 0 radical (unpaired) electrons. The molecule has 354 valence electrons. The van der Waals surface area contributed by atoms with Crippen LogP contribution in [-0.2, 0) is 17.4 Å². The van der Waals surface area contributed by atoms with Gasteiger partial charge in [-0.2, -0.15) is 0 Å². The van der Waals surface area contributed by atoms with Gasteiger partial charge in [-0.1, -0.05) is 178 Å². The van der Waals surface area contributed by atoms with Crippen molar-refractivity contribution in [3.05, 3.63) is 293 Å². The molecule has 0 saturated carbocycles. The minimum Gasteiger partial charge on any atom is -0.337 e. The molecule has 11 aromatic rings. The van der Waals surface area contributed by atoms with Crippen LogP contribution < -0.4 is 9.80 Å². The molecule has 1 spiro atoms. The average Bonchev–Trinajstić information content (AvgIpc) is 4.11. The molecule has 0 aliphatic heterocycles. The van der Waals surface area contributed by atoms with Gasteiger partial charge >= 0.3 is 0 Å². The SMILES string of the molecule is CC=CC1=C(C)C2(c3ccccc31)c1ccccc1-c1c(CN(c3ccccc3)c3ccccc3)cc3c4cc(N(c5ccccc5)c5ccccc5)ccc4n(-c4ccc5c(c4)C(C)(C)c4ccccc4-5)c3c12. The molecule has 1 heterocycles. The molecule has 1 atom stereocenters. The molecule has 0 saturated heterocycles. The van der Waals surface area contributed by atoms with Gasteiger partial charge in [0.1, 0.15) is 0 Å². The summed E-state index contributed by atoms with van der Waals surface area (Å²) in [5.74, 6) is 0. The summed E-state index contributed by atoms with van der Waals surface area (Å²) in [6.45, 7) is 10.0. The van der Waals surface area contributed by atoms with Gasteiger partial charge in [0.2, 0.25) is 0 Å². The van der Waals surface area contributed by atoms with E-state index in [-0.39, 0.29) is 5.41 Å². The Hall–Kier alpha value is -8.92. The van der Waals surface area contributed by atoms with Crippen LogP contribution in [0.3, 0.4) is 0 Å². The highest BCUT2D eigenvalue weighted by molar-refractivity contribution is 6.16. The van der Waals surface area contributed by atoms with E-state index in [1.54, 1.807) is 0 Å². The Balaban J connectivity index is 1.16. The molecule has 1 unspecified atom stereocenters. The van der Waals surface area contributed by atoms with Gasteiger partial charge in [-0.25, -0.2) is 0 Å². The fourth-order valence-corrected chi connectivity index (χ4v) is 13.4. The van der Waals surface area contributed by atoms with E-state index >= 15 is 0 Å². The molecule has 74 heavy (non-hydrogen) atoms. The molecule has 0 amide bonds. The maximum Gasteiger partial charge on any atom is 0.0706 e. The molecule has 0 fully saturated rings. The predicted molar refractivity (Wildman–Crippen MR) is 311 cm³/mol. The lowest BCUT2D eigenvalue weighted by Crippen LogP contribution is -2.27. The Morgan fingerprint density at radius 2 is 0.986 bits per heavy atom. The highest BCUT2D eigenvalue weighted by Gasteiger charge is 2.53. The molecule has 10 aromatic carbocycles. The number of benzene rings is 10. The lowest BCUT2D eigenvalue weighted by Gasteiger charge is -2.33. The molecule has 3 aliphatic carbocycles. The smallest absolute Gasteiger partial charge is 0.0706 e. The number of allylic oxidation sites excluding steroid dienone is 4. The van der Waals surface area contributed by atoms with Gasteiger partial charge < -0.3 is 14.4 Å². The normalized spacial score (nSPS) is 15.7. The lowest BCUT2D eigenvalue weighted by atomic mass is 9.69. The van der Waals surface area contributed by atoms with Gasteiger partial charge in [0.25, 0.3) is 0 Å². The Bertz CT molecular complexity index is 4010. The van der Waals surface area contributed by atoms with Crippen LogP contribution in [-0.4, -0.2) is 4.57 Å². The maximum absolute atomic E-state index is 2.65. The Morgan fingerprint density at radius 1 is 0.459 bits per heavy atom. The summed E-state index contributed by atoms with van der Waals surface area (Å²) in [5, 5.41) is 2.44. The van der Waals surface area contributed by atoms with Crippen molar-refractivity contribution in [3.8, 4) is 27.9 Å². The number of para-hydroxylation sites is 4. The Labute approximate surface area is 434 Å². The number of hydrogen-bond acceptors (Lipinski definition) is 2. The monoisotopic (exact) mass is 949 g/mol. The van der Waals surface area contributed by atoms with Crippen molar-refractivity contribution in [3.63, 3.8) is 0 Å². The molecule has 0 N–H and O–H groups in total. The van der Waals surface area contributed by atoms with Gasteiger partial charge in [-0.3, -0.25) is 0 Å². The van der Waals surface area contributed by atoms with Crippen LogP contribution in [0, 0.1) is 0 Å². The molecular formula is C71H55N3. The predicted octanol–water partition coefficient (Wildman–Crippen LogP) is 18.6. The van der Waals surface area contributed by atoms with E-state index in [0.717, 1.165) is 28.4 Å². The lowest BCUT2D eigenvalue weighted by molar-refractivity contribution is 0.660. The number of rotatable bonds is 9. The van der Waals surface area contributed by atoms with Crippen molar-refractivity contribution in [2.45, 2.75) is 45.1 Å². The second-order valence-electron chi connectivity index (χ2n) is 20.8. The van der Waals surface area contributed by atoms with Crippen molar-refractivity contribution >= 4 is 55.8 Å². The third-order valence-corrected chi connectivity index (χ3v) is 16.6. The van der Waals surface area contributed by atoms with Crippen molar-refractivity contribution in [1.82, 2.24) is 4.57 Å². The van der Waals surface area contributed by atoms with Crippen molar-refractivity contribution in [2.75, 3.05) is 9.80 Å². The summed E-state index contributed by atoms with van der Waals surface area (Å²) < 4.78 is 2.65. The third-order valence-electron chi connectivity index (χ3n) is 16.6. The highest BCUT2D eigenvalue weighted by Crippen LogP contribution is 2.65. The first-order chi connectivity index (χ1) is 36.4. The second-order valence-corrected chi connectivity index (χ2v) is 20.8. The second kappa shape index (κ2) is 16.8. The molecule has 3 nitrogen and oxygen atoms in total. The van der Waals surface area contributed by atoms with E-state index in [0.29, 0.717) is 6.54 Å². The van der Waals surface area contributed by atoms with E-state index in [4.69, 9.17) is 0 Å². The zero-order chi connectivity index (χ0) is 49.7. The van der Waals surface area contributed by atoms with Gasteiger partial charge in [-0.15, -0.1) is 0 Å². The molecule has 14 rings (SSSR count). The summed E-state index contributed by atoms with van der Waals surface area (Å²) in [7, 11) is 0. The first kappa shape index (κ1) is 43.8. The van der Waals surface area contributed by atoms with Crippen LogP contribution >= 0.6 is 0 Å². The van der Waals surface area contributed by atoms with Crippen LogP contribution in [0.15, 0.2) is 254 Å².